The van der Waals surface area contributed by atoms with Gasteiger partial charge in [-0.3, -0.25) is 0 Å². The maximum Gasteiger partial charge on any atom is 0.0470 e. The van der Waals surface area contributed by atoms with Crippen molar-refractivity contribution in [3.05, 3.63) is 30.3 Å². The molecule has 0 bridgehead atoms. The lowest BCUT2D eigenvalue weighted by molar-refractivity contribution is 0.200. The van der Waals surface area contributed by atoms with Gasteiger partial charge < -0.3 is 10.1 Å². The quantitative estimate of drug-likeness (QED) is 0.687. The predicted molar refractivity (Wildman–Crippen MR) is 68.7 cm³/mol. The highest BCUT2D eigenvalue weighted by Gasteiger charge is 1.91. The van der Waals surface area contributed by atoms with Gasteiger partial charge in [-0.05, 0) is 24.3 Å². The van der Waals surface area contributed by atoms with Gasteiger partial charge in [0.25, 0.3) is 0 Å². The van der Waals surface area contributed by atoms with Crippen LogP contribution < -0.4 is 5.32 Å². The minimum Gasteiger partial charge on any atom is -0.385 e. The van der Waals surface area contributed by atoms with Gasteiger partial charge in [0.15, 0.2) is 0 Å². The zero-order valence-electron chi connectivity index (χ0n) is 9.24. The molecule has 15 heavy (non-hydrogen) atoms. The van der Waals surface area contributed by atoms with Crippen molar-refractivity contribution in [2.24, 2.45) is 0 Å². The lowest BCUT2D eigenvalue weighted by atomic mass is 10.3. The number of rotatable bonds is 8. The fraction of sp³-hybridized carbons (Fsp3) is 0.500. The predicted octanol–water partition coefficient (Wildman–Crippen LogP) is 2.87. The summed E-state index contributed by atoms with van der Waals surface area (Å²) in [6, 6.07) is 10.3. The Bertz CT molecular complexity index is 241. The Balaban J connectivity index is 1.93. The van der Waals surface area contributed by atoms with Crippen LogP contribution in [0.3, 0.4) is 0 Å². The second kappa shape index (κ2) is 8.62. The van der Waals surface area contributed by atoms with E-state index in [1.54, 1.807) is 7.11 Å². The zero-order valence-corrected chi connectivity index (χ0v) is 10.1. The third-order valence-electron chi connectivity index (χ3n) is 1.99. The van der Waals surface area contributed by atoms with Crippen LogP contribution in [0.2, 0.25) is 0 Å². The van der Waals surface area contributed by atoms with Crippen molar-refractivity contribution in [1.29, 1.82) is 0 Å². The van der Waals surface area contributed by atoms with Gasteiger partial charge in [-0.1, -0.05) is 18.2 Å². The number of nitrogens with one attached hydrogen (secondary N) is 1. The van der Waals surface area contributed by atoms with E-state index in [-0.39, 0.29) is 0 Å². The van der Waals surface area contributed by atoms with Crippen LogP contribution in [0, 0.1) is 0 Å². The van der Waals surface area contributed by atoms with Gasteiger partial charge in [0.2, 0.25) is 0 Å². The summed E-state index contributed by atoms with van der Waals surface area (Å²) in [4.78, 5) is 0. The number of methoxy groups -OCH3 is 1. The standard InChI is InChI=1S/C12H19NOS/c1-14-9-5-10-15-11-8-13-12-6-3-2-4-7-12/h2-4,6-7,13H,5,8-11H2,1H3. The van der Waals surface area contributed by atoms with Crippen LogP contribution in [-0.2, 0) is 4.74 Å². The first-order valence-electron chi connectivity index (χ1n) is 5.29. The molecule has 0 unspecified atom stereocenters. The number of anilines is 1. The fourth-order valence-corrected chi connectivity index (χ4v) is 2.00. The molecule has 0 saturated carbocycles. The van der Waals surface area contributed by atoms with Gasteiger partial charge in [0, 0.05) is 31.7 Å². The van der Waals surface area contributed by atoms with Crippen molar-refractivity contribution in [3.8, 4) is 0 Å². The van der Waals surface area contributed by atoms with E-state index in [2.05, 4.69) is 17.4 Å². The Labute approximate surface area is 96.4 Å². The Hall–Kier alpha value is -0.670. The summed E-state index contributed by atoms with van der Waals surface area (Å²) in [6.07, 6.45) is 1.15. The van der Waals surface area contributed by atoms with E-state index < -0.39 is 0 Å². The number of ether oxygens (including phenoxy) is 1. The summed E-state index contributed by atoms with van der Waals surface area (Å²) in [6.45, 7) is 1.90. The second-order valence-corrected chi connectivity index (χ2v) is 4.48. The number of benzene rings is 1. The largest absolute Gasteiger partial charge is 0.385 e. The van der Waals surface area contributed by atoms with Crippen molar-refractivity contribution in [3.63, 3.8) is 0 Å². The van der Waals surface area contributed by atoms with E-state index in [0.717, 1.165) is 25.3 Å². The minimum absolute atomic E-state index is 0.874. The molecule has 2 nitrogen and oxygen atoms in total. The summed E-state index contributed by atoms with van der Waals surface area (Å²) in [7, 11) is 1.75. The normalized spacial score (nSPS) is 10.2. The van der Waals surface area contributed by atoms with Crippen molar-refractivity contribution in [2.45, 2.75) is 6.42 Å². The van der Waals surface area contributed by atoms with E-state index in [0.29, 0.717) is 0 Å². The lowest BCUT2D eigenvalue weighted by Gasteiger charge is -2.05. The molecule has 0 atom stereocenters. The first-order chi connectivity index (χ1) is 7.43. The second-order valence-electron chi connectivity index (χ2n) is 3.25. The first kappa shape index (κ1) is 12.4. The Kier molecular flexibility index (Phi) is 7.13. The summed E-state index contributed by atoms with van der Waals surface area (Å²) in [5, 5.41) is 3.38. The van der Waals surface area contributed by atoms with E-state index in [1.807, 2.05) is 30.0 Å². The Morgan fingerprint density at radius 1 is 1.20 bits per heavy atom. The first-order valence-corrected chi connectivity index (χ1v) is 6.44. The summed E-state index contributed by atoms with van der Waals surface area (Å²) in [5.41, 5.74) is 1.20. The summed E-state index contributed by atoms with van der Waals surface area (Å²) >= 11 is 1.97. The van der Waals surface area contributed by atoms with Gasteiger partial charge >= 0.3 is 0 Å². The highest BCUT2D eigenvalue weighted by Crippen LogP contribution is 2.06. The molecule has 1 aromatic rings. The molecule has 0 aliphatic heterocycles. The van der Waals surface area contributed by atoms with Crippen LogP contribution >= 0.6 is 11.8 Å². The molecule has 1 rings (SSSR count). The molecule has 84 valence electrons. The molecule has 0 amide bonds. The Morgan fingerprint density at radius 3 is 2.73 bits per heavy atom. The molecule has 0 aromatic heterocycles. The molecule has 0 radical (unpaired) electrons. The lowest BCUT2D eigenvalue weighted by Crippen LogP contribution is -2.04. The van der Waals surface area contributed by atoms with Crippen LogP contribution in [0.1, 0.15) is 6.42 Å². The number of hydrogen-bond acceptors (Lipinski definition) is 3. The van der Waals surface area contributed by atoms with Crippen LogP contribution in [0.5, 0.6) is 0 Å². The summed E-state index contributed by atoms with van der Waals surface area (Å²) < 4.78 is 4.99. The van der Waals surface area contributed by atoms with Gasteiger partial charge in [-0.2, -0.15) is 11.8 Å². The molecule has 0 spiro atoms. The molecule has 0 aliphatic carbocycles. The molecule has 1 N–H and O–H groups in total. The third-order valence-corrected chi connectivity index (χ3v) is 3.06. The summed E-state index contributed by atoms with van der Waals surface area (Å²) in [5.74, 6) is 2.34. The zero-order chi connectivity index (χ0) is 10.8. The topological polar surface area (TPSA) is 21.3 Å². The Morgan fingerprint density at radius 2 is 2.00 bits per heavy atom. The average molecular weight is 225 g/mol. The van der Waals surface area contributed by atoms with E-state index in [1.165, 1.54) is 11.4 Å². The van der Waals surface area contributed by atoms with Crippen LogP contribution in [-0.4, -0.2) is 31.8 Å². The number of hydrogen-bond donors (Lipinski definition) is 1. The van der Waals surface area contributed by atoms with Crippen molar-refractivity contribution in [2.75, 3.05) is 37.1 Å². The van der Waals surface area contributed by atoms with Crippen LogP contribution in [0.4, 0.5) is 5.69 Å². The highest BCUT2D eigenvalue weighted by molar-refractivity contribution is 7.99. The maximum atomic E-state index is 4.99. The van der Waals surface area contributed by atoms with E-state index in [4.69, 9.17) is 4.74 Å². The molecule has 3 heteroatoms. The van der Waals surface area contributed by atoms with E-state index >= 15 is 0 Å². The number of para-hydroxylation sites is 1. The maximum absolute atomic E-state index is 4.99. The van der Waals surface area contributed by atoms with Crippen LogP contribution in [0.25, 0.3) is 0 Å². The fourth-order valence-electron chi connectivity index (χ4n) is 1.23. The van der Waals surface area contributed by atoms with Gasteiger partial charge in [0.05, 0.1) is 0 Å². The third kappa shape index (κ3) is 6.42. The van der Waals surface area contributed by atoms with Gasteiger partial charge in [0.1, 0.15) is 0 Å². The highest BCUT2D eigenvalue weighted by atomic mass is 32.2. The van der Waals surface area contributed by atoms with Gasteiger partial charge in [-0.25, -0.2) is 0 Å². The van der Waals surface area contributed by atoms with E-state index in [9.17, 15) is 0 Å². The molecular weight excluding hydrogens is 206 g/mol. The monoisotopic (exact) mass is 225 g/mol. The minimum atomic E-state index is 0.874. The van der Waals surface area contributed by atoms with Crippen molar-refractivity contribution < 1.29 is 4.74 Å². The van der Waals surface area contributed by atoms with Crippen molar-refractivity contribution in [1.82, 2.24) is 0 Å². The average Bonchev–Trinajstić information content (AvgIpc) is 2.29. The van der Waals surface area contributed by atoms with Crippen molar-refractivity contribution >= 4 is 17.4 Å². The SMILES string of the molecule is COCCCSCCNc1ccccc1. The number of thioether (sulfide) groups is 1. The van der Waals surface area contributed by atoms with Gasteiger partial charge in [-0.15, -0.1) is 0 Å². The molecule has 0 aliphatic rings. The molecule has 0 fully saturated rings. The molecular formula is C12H19NOS. The van der Waals surface area contributed by atoms with Crippen LogP contribution in [0.15, 0.2) is 30.3 Å². The molecule has 0 heterocycles. The molecule has 1 aromatic carbocycles. The smallest absolute Gasteiger partial charge is 0.0470 e. The molecule has 0 saturated heterocycles.